The van der Waals surface area contributed by atoms with Crippen LogP contribution in [0.4, 0.5) is 5.69 Å². The molecule has 0 aliphatic heterocycles. The van der Waals surface area contributed by atoms with Crippen molar-refractivity contribution in [2.45, 2.75) is 6.17 Å². The number of benzene rings is 2. The first kappa shape index (κ1) is 10.9. The SMILES string of the molecule is N#CC(Nc1cccc2ccccc12)[N+](=O)[O-]. The average molecular weight is 227 g/mol. The lowest BCUT2D eigenvalue weighted by Crippen LogP contribution is -2.26. The second-order valence-electron chi connectivity index (χ2n) is 3.49. The number of anilines is 1. The van der Waals surface area contributed by atoms with Crippen molar-refractivity contribution in [1.29, 1.82) is 5.26 Å². The van der Waals surface area contributed by atoms with Gasteiger partial charge in [-0.2, -0.15) is 5.26 Å². The molecule has 0 bridgehead atoms. The van der Waals surface area contributed by atoms with Gasteiger partial charge in [0, 0.05) is 11.1 Å². The molecule has 5 heteroatoms. The number of fused-ring (bicyclic) bond motifs is 1. The van der Waals surface area contributed by atoms with Gasteiger partial charge in [0.15, 0.2) is 6.07 Å². The van der Waals surface area contributed by atoms with Crippen LogP contribution in [0.1, 0.15) is 0 Å². The van der Waals surface area contributed by atoms with Gasteiger partial charge in [0.05, 0.1) is 4.92 Å². The van der Waals surface area contributed by atoms with E-state index in [0.29, 0.717) is 5.69 Å². The lowest BCUT2D eigenvalue weighted by Gasteiger charge is -2.09. The van der Waals surface area contributed by atoms with Crippen molar-refractivity contribution in [1.82, 2.24) is 0 Å². The molecule has 0 aromatic heterocycles. The Morgan fingerprint density at radius 1 is 1.24 bits per heavy atom. The summed E-state index contributed by atoms with van der Waals surface area (Å²) >= 11 is 0. The van der Waals surface area contributed by atoms with Crippen LogP contribution in [0.3, 0.4) is 0 Å². The van der Waals surface area contributed by atoms with Gasteiger partial charge in [0.2, 0.25) is 0 Å². The van der Waals surface area contributed by atoms with Gasteiger partial charge in [0.1, 0.15) is 0 Å². The zero-order valence-electron chi connectivity index (χ0n) is 8.83. The van der Waals surface area contributed by atoms with Crippen LogP contribution >= 0.6 is 0 Å². The Hall–Kier alpha value is -2.61. The first-order valence-electron chi connectivity index (χ1n) is 5.00. The zero-order valence-corrected chi connectivity index (χ0v) is 8.83. The largest absolute Gasteiger partial charge is 0.371 e. The quantitative estimate of drug-likeness (QED) is 0.496. The summed E-state index contributed by atoms with van der Waals surface area (Å²) in [7, 11) is 0. The summed E-state index contributed by atoms with van der Waals surface area (Å²) in [5.74, 6) is 0. The first-order valence-corrected chi connectivity index (χ1v) is 5.00. The summed E-state index contributed by atoms with van der Waals surface area (Å²) in [6, 6.07) is 14.5. The highest BCUT2D eigenvalue weighted by Gasteiger charge is 2.18. The summed E-state index contributed by atoms with van der Waals surface area (Å²) < 4.78 is 0. The molecule has 0 saturated heterocycles. The molecule has 84 valence electrons. The highest BCUT2D eigenvalue weighted by Crippen LogP contribution is 2.23. The fourth-order valence-electron chi connectivity index (χ4n) is 1.63. The van der Waals surface area contributed by atoms with Crippen LogP contribution in [0.25, 0.3) is 10.8 Å². The van der Waals surface area contributed by atoms with Crippen molar-refractivity contribution in [2.24, 2.45) is 0 Å². The van der Waals surface area contributed by atoms with E-state index in [4.69, 9.17) is 5.26 Å². The fourth-order valence-corrected chi connectivity index (χ4v) is 1.63. The Bertz CT molecular complexity index is 599. The smallest absolute Gasteiger partial charge is 0.311 e. The van der Waals surface area contributed by atoms with E-state index in [-0.39, 0.29) is 0 Å². The van der Waals surface area contributed by atoms with Gasteiger partial charge in [-0.15, -0.1) is 0 Å². The number of nitrogens with zero attached hydrogens (tertiary/aromatic N) is 2. The van der Waals surface area contributed by atoms with Crippen molar-refractivity contribution in [3.8, 4) is 6.07 Å². The van der Waals surface area contributed by atoms with Crippen molar-refractivity contribution in [3.05, 3.63) is 52.6 Å². The molecule has 1 atom stereocenters. The lowest BCUT2D eigenvalue weighted by atomic mass is 10.1. The number of rotatable bonds is 3. The van der Waals surface area contributed by atoms with E-state index < -0.39 is 11.1 Å². The van der Waals surface area contributed by atoms with Crippen molar-refractivity contribution in [2.75, 3.05) is 5.32 Å². The van der Waals surface area contributed by atoms with Gasteiger partial charge in [0.25, 0.3) is 0 Å². The summed E-state index contributed by atoms with van der Waals surface area (Å²) in [6.45, 7) is 0. The van der Waals surface area contributed by atoms with Gasteiger partial charge in [-0.3, -0.25) is 10.1 Å². The molecule has 0 heterocycles. The Labute approximate surface area is 97.4 Å². The molecule has 0 saturated carbocycles. The van der Waals surface area contributed by atoms with E-state index in [1.165, 1.54) is 0 Å². The third kappa shape index (κ3) is 2.16. The molecule has 1 N–H and O–H groups in total. The highest BCUT2D eigenvalue weighted by atomic mass is 16.6. The molecular formula is C12H9N3O2. The fraction of sp³-hybridized carbons (Fsp3) is 0.0833. The predicted octanol–water partition coefficient (Wildman–Crippen LogP) is 2.38. The molecule has 0 aliphatic carbocycles. The van der Waals surface area contributed by atoms with Crippen LogP contribution in [0, 0.1) is 21.4 Å². The van der Waals surface area contributed by atoms with Crippen LogP contribution in [0.2, 0.25) is 0 Å². The molecule has 0 fully saturated rings. The highest BCUT2D eigenvalue weighted by molar-refractivity contribution is 5.93. The summed E-state index contributed by atoms with van der Waals surface area (Å²) in [5, 5.41) is 23.7. The molecule has 1 unspecified atom stereocenters. The third-order valence-electron chi connectivity index (χ3n) is 2.41. The maximum atomic E-state index is 10.6. The summed E-state index contributed by atoms with van der Waals surface area (Å²) in [4.78, 5) is 9.94. The van der Waals surface area contributed by atoms with Gasteiger partial charge in [-0.25, -0.2) is 0 Å². The van der Waals surface area contributed by atoms with E-state index >= 15 is 0 Å². The summed E-state index contributed by atoms with van der Waals surface area (Å²) in [6.07, 6.45) is -1.43. The van der Waals surface area contributed by atoms with Gasteiger partial charge in [-0.1, -0.05) is 36.4 Å². The normalized spacial score (nSPS) is 11.7. The Morgan fingerprint density at radius 3 is 2.65 bits per heavy atom. The Kier molecular flexibility index (Phi) is 2.88. The second kappa shape index (κ2) is 4.49. The van der Waals surface area contributed by atoms with Gasteiger partial charge >= 0.3 is 6.17 Å². The van der Waals surface area contributed by atoms with Gasteiger partial charge in [-0.05, 0) is 11.5 Å². The Morgan fingerprint density at radius 2 is 1.94 bits per heavy atom. The molecule has 0 aliphatic rings. The second-order valence-corrected chi connectivity index (χ2v) is 3.49. The van der Waals surface area contributed by atoms with Crippen LogP contribution < -0.4 is 5.32 Å². The minimum atomic E-state index is -1.43. The van der Waals surface area contributed by atoms with Crippen LogP contribution in [-0.4, -0.2) is 11.1 Å². The maximum Gasteiger partial charge on any atom is 0.371 e. The average Bonchev–Trinajstić information content (AvgIpc) is 2.35. The van der Waals surface area contributed by atoms with Crippen molar-refractivity contribution in [3.63, 3.8) is 0 Å². The maximum absolute atomic E-state index is 10.6. The predicted molar refractivity (Wildman–Crippen MR) is 64.0 cm³/mol. The van der Waals surface area contributed by atoms with E-state index in [9.17, 15) is 10.1 Å². The van der Waals surface area contributed by atoms with Crippen molar-refractivity contribution < 1.29 is 4.92 Å². The first-order chi connectivity index (χ1) is 8.22. The molecule has 5 nitrogen and oxygen atoms in total. The molecule has 0 radical (unpaired) electrons. The standard InChI is InChI=1S/C12H9N3O2/c13-8-12(15(16)17)14-11-7-3-5-9-4-1-2-6-10(9)11/h1-7,12,14H. The minimum absolute atomic E-state index is 0.589. The van der Waals surface area contributed by atoms with E-state index in [2.05, 4.69) is 5.32 Å². The topological polar surface area (TPSA) is 79.0 Å². The van der Waals surface area contributed by atoms with Crippen LogP contribution in [-0.2, 0) is 0 Å². The summed E-state index contributed by atoms with van der Waals surface area (Å²) in [5.41, 5.74) is 0.589. The zero-order chi connectivity index (χ0) is 12.3. The number of nitro groups is 1. The minimum Gasteiger partial charge on any atom is -0.311 e. The molecule has 2 aromatic rings. The van der Waals surface area contributed by atoms with Gasteiger partial charge < -0.3 is 5.32 Å². The molecule has 0 amide bonds. The number of nitrogens with one attached hydrogen (secondary N) is 1. The Balaban J connectivity index is 2.43. The monoisotopic (exact) mass is 227 g/mol. The van der Waals surface area contributed by atoms with E-state index in [1.807, 2.05) is 30.3 Å². The van der Waals surface area contributed by atoms with E-state index in [1.54, 1.807) is 18.2 Å². The van der Waals surface area contributed by atoms with Crippen LogP contribution in [0.5, 0.6) is 0 Å². The molecule has 2 aromatic carbocycles. The van der Waals surface area contributed by atoms with Crippen LogP contribution in [0.15, 0.2) is 42.5 Å². The number of hydrogen-bond acceptors (Lipinski definition) is 4. The lowest BCUT2D eigenvalue weighted by molar-refractivity contribution is -0.499. The molecular weight excluding hydrogens is 218 g/mol. The molecule has 17 heavy (non-hydrogen) atoms. The third-order valence-corrected chi connectivity index (χ3v) is 2.41. The number of hydrogen-bond donors (Lipinski definition) is 1. The molecule has 0 spiro atoms. The number of nitriles is 1. The van der Waals surface area contributed by atoms with Crippen molar-refractivity contribution >= 4 is 16.5 Å². The molecule has 2 rings (SSSR count). The van der Waals surface area contributed by atoms with E-state index in [0.717, 1.165) is 10.8 Å².